The zero-order chi connectivity index (χ0) is 23.3. The van der Waals surface area contributed by atoms with E-state index in [1.54, 1.807) is 24.0 Å². The fourth-order valence-electron chi connectivity index (χ4n) is 3.37. The highest BCUT2D eigenvalue weighted by Crippen LogP contribution is 2.34. The molecule has 172 valence electrons. The lowest BCUT2D eigenvalue weighted by molar-refractivity contribution is -0.383. The molecule has 0 bridgehead atoms. The van der Waals surface area contributed by atoms with Crippen LogP contribution in [0, 0.1) is 23.0 Å². The first-order valence-corrected chi connectivity index (χ1v) is 11.5. The molecule has 1 aromatic carbocycles. The standard InChI is InChI=1S/C19H24N6O6S/c1-3-31-19(26)14-5-4-10-24(11-14)18-16(25(27)28)17(20-12-21-18)22-23-32(29,30)15-8-6-13(2)7-9-15/h6-9,12,14,23H,3-5,10-11H2,1-2H3,(H,20,21,22). The van der Waals surface area contributed by atoms with Crippen LogP contribution < -0.4 is 15.2 Å². The summed E-state index contributed by atoms with van der Waals surface area (Å²) in [4.78, 5) is 34.9. The van der Waals surface area contributed by atoms with Crippen LogP contribution in [0.3, 0.4) is 0 Å². The number of nitrogens with zero attached hydrogens (tertiary/aromatic N) is 4. The minimum absolute atomic E-state index is 0.00367. The third-order valence-corrected chi connectivity index (χ3v) is 6.23. The maximum atomic E-state index is 12.5. The number of aromatic nitrogens is 2. The number of hydrogen-bond acceptors (Lipinski definition) is 10. The van der Waals surface area contributed by atoms with E-state index in [2.05, 4.69) is 20.2 Å². The van der Waals surface area contributed by atoms with Crippen molar-refractivity contribution >= 4 is 33.3 Å². The van der Waals surface area contributed by atoms with Crippen molar-refractivity contribution in [1.29, 1.82) is 0 Å². The number of benzene rings is 1. The molecular weight excluding hydrogens is 440 g/mol. The molecule has 1 aliphatic heterocycles. The Morgan fingerprint density at radius 3 is 2.69 bits per heavy atom. The van der Waals surface area contributed by atoms with Crippen molar-refractivity contribution in [3.8, 4) is 0 Å². The van der Waals surface area contributed by atoms with Gasteiger partial charge in [0.1, 0.15) is 6.33 Å². The van der Waals surface area contributed by atoms with Crippen molar-refractivity contribution in [3.05, 3.63) is 46.3 Å². The van der Waals surface area contributed by atoms with Crippen molar-refractivity contribution in [2.75, 3.05) is 30.0 Å². The number of aryl methyl sites for hydroxylation is 1. The summed E-state index contributed by atoms with van der Waals surface area (Å²) in [6, 6.07) is 6.11. The molecule has 13 heteroatoms. The number of piperidine rings is 1. The van der Waals surface area contributed by atoms with Gasteiger partial charge in [0.15, 0.2) is 0 Å². The van der Waals surface area contributed by atoms with Crippen molar-refractivity contribution in [1.82, 2.24) is 14.8 Å². The minimum Gasteiger partial charge on any atom is -0.466 e. The van der Waals surface area contributed by atoms with Gasteiger partial charge in [-0.1, -0.05) is 17.7 Å². The third kappa shape index (κ3) is 5.29. The quantitative estimate of drug-likeness (QED) is 0.335. The first-order chi connectivity index (χ1) is 15.2. The van der Waals surface area contributed by atoms with Crippen molar-refractivity contribution in [2.24, 2.45) is 5.92 Å². The number of hydrogen-bond donors (Lipinski definition) is 2. The molecule has 0 spiro atoms. The van der Waals surface area contributed by atoms with Crippen LogP contribution in [0.5, 0.6) is 0 Å². The van der Waals surface area contributed by atoms with Crippen LogP contribution in [0.4, 0.5) is 17.3 Å². The highest BCUT2D eigenvalue weighted by atomic mass is 32.2. The molecule has 2 heterocycles. The molecule has 1 fully saturated rings. The second kappa shape index (κ2) is 9.87. The number of rotatable bonds is 8. The fourth-order valence-corrected chi connectivity index (χ4v) is 4.22. The molecule has 1 saturated heterocycles. The minimum atomic E-state index is -4.00. The molecule has 0 saturated carbocycles. The number of ether oxygens (including phenoxy) is 1. The predicted octanol–water partition coefficient (Wildman–Crippen LogP) is 1.78. The van der Waals surface area contributed by atoms with Crippen LogP contribution in [0.2, 0.25) is 0 Å². The maximum Gasteiger partial charge on any atom is 0.354 e. The molecule has 32 heavy (non-hydrogen) atoms. The van der Waals surface area contributed by atoms with Gasteiger partial charge in [0.05, 0.1) is 22.3 Å². The molecular formula is C19H24N6O6S. The van der Waals surface area contributed by atoms with E-state index >= 15 is 0 Å². The molecule has 0 radical (unpaired) electrons. The number of nitro groups is 1. The molecule has 12 nitrogen and oxygen atoms in total. The smallest absolute Gasteiger partial charge is 0.354 e. The van der Waals surface area contributed by atoms with Crippen molar-refractivity contribution < 1.29 is 22.9 Å². The summed E-state index contributed by atoms with van der Waals surface area (Å²) in [7, 11) is -4.00. The van der Waals surface area contributed by atoms with Gasteiger partial charge < -0.3 is 9.64 Å². The van der Waals surface area contributed by atoms with E-state index in [0.717, 1.165) is 11.9 Å². The number of esters is 1. The monoisotopic (exact) mass is 464 g/mol. The average molecular weight is 465 g/mol. The van der Waals surface area contributed by atoms with E-state index in [0.29, 0.717) is 19.4 Å². The summed E-state index contributed by atoms with van der Waals surface area (Å²) >= 11 is 0. The molecule has 2 aromatic rings. The molecule has 0 amide bonds. The largest absolute Gasteiger partial charge is 0.466 e. The number of hydrazine groups is 1. The maximum absolute atomic E-state index is 12.5. The summed E-state index contributed by atoms with van der Waals surface area (Å²) in [5, 5.41) is 11.8. The van der Waals surface area contributed by atoms with E-state index in [-0.39, 0.29) is 35.7 Å². The molecule has 1 atom stereocenters. The van der Waals surface area contributed by atoms with E-state index in [4.69, 9.17) is 4.74 Å². The SMILES string of the molecule is CCOC(=O)C1CCCN(c2ncnc(NNS(=O)(=O)c3ccc(C)cc3)c2[N+](=O)[O-])C1. The van der Waals surface area contributed by atoms with Crippen LogP contribution in [0.1, 0.15) is 25.3 Å². The summed E-state index contributed by atoms with van der Waals surface area (Å²) in [6.45, 7) is 4.43. The van der Waals surface area contributed by atoms with Gasteiger partial charge in [-0.15, -0.1) is 4.83 Å². The summed E-state index contributed by atoms with van der Waals surface area (Å²) in [5.41, 5.74) is 2.72. The summed E-state index contributed by atoms with van der Waals surface area (Å²) < 4.78 is 30.1. The first kappa shape index (κ1) is 23.3. The molecule has 2 N–H and O–H groups in total. The molecule has 3 rings (SSSR count). The molecule has 1 aliphatic rings. The average Bonchev–Trinajstić information content (AvgIpc) is 2.78. The number of carbonyl (C=O) groups excluding carboxylic acids is 1. The Bertz CT molecular complexity index is 1090. The van der Waals surface area contributed by atoms with Gasteiger partial charge in [0, 0.05) is 13.1 Å². The number of anilines is 2. The van der Waals surface area contributed by atoms with E-state index < -0.39 is 26.6 Å². The summed E-state index contributed by atoms with van der Waals surface area (Å²) in [6.07, 6.45) is 2.32. The second-order valence-electron chi connectivity index (χ2n) is 7.23. The Hall–Kier alpha value is -3.32. The van der Waals surface area contributed by atoms with Gasteiger partial charge in [-0.2, -0.15) is 0 Å². The topological polar surface area (TPSA) is 157 Å². The number of carbonyl (C=O) groups is 1. The number of nitrogens with one attached hydrogen (secondary N) is 2. The van der Waals surface area contributed by atoms with Crippen LogP contribution in [0.15, 0.2) is 35.5 Å². The highest BCUT2D eigenvalue weighted by molar-refractivity contribution is 7.89. The molecule has 1 aromatic heterocycles. The van der Waals surface area contributed by atoms with E-state index in [1.165, 1.54) is 12.1 Å². The first-order valence-electron chi connectivity index (χ1n) is 9.98. The zero-order valence-electron chi connectivity index (χ0n) is 17.6. The van der Waals surface area contributed by atoms with Crippen LogP contribution in [0.25, 0.3) is 0 Å². The van der Waals surface area contributed by atoms with Gasteiger partial charge in [-0.3, -0.25) is 20.3 Å². The van der Waals surface area contributed by atoms with Crippen LogP contribution >= 0.6 is 0 Å². The Kier molecular flexibility index (Phi) is 7.20. The Balaban J connectivity index is 1.84. The lowest BCUT2D eigenvalue weighted by Gasteiger charge is -2.32. The van der Waals surface area contributed by atoms with E-state index in [9.17, 15) is 23.3 Å². The zero-order valence-corrected chi connectivity index (χ0v) is 18.5. The van der Waals surface area contributed by atoms with Crippen molar-refractivity contribution in [2.45, 2.75) is 31.6 Å². The van der Waals surface area contributed by atoms with Gasteiger partial charge in [0.2, 0.25) is 11.6 Å². The molecule has 1 unspecified atom stereocenters. The molecule has 0 aliphatic carbocycles. The lowest BCUT2D eigenvalue weighted by Crippen LogP contribution is -2.40. The fraction of sp³-hybridized carbons (Fsp3) is 0.421. The van der Waals surface area contributed by atoms with Crippen molar-refractivity contribution in [3.63, 3.8) is 0 Å². The van der Waals surface area contributed by atoms with Crippen LogP contribution in [-0.2, 0) is 19.6 Å². The van der Waals surface area contributed by atoms with E-state index in [1.807, 2.05) is 6.92 Å². The normalized spacial score (nSPS) is 16.4. The number of sulfonamides is 1. The Morgan fingerprint density at radius 1 is 1.31 bits per heavy atom. The van der Waals surface area contributed by atoms with Gasteiger partial charge >= 0.3 is 11.7 Å². The van der Waals surface area contributed by atoms with Gasteiger partial charge in [-0.25, -0.2) is 18.4 Å². The van der Waals surface area contributed by atoms with Gasteiger partial charge in [0.25, 0.3) is 10.0 Å². The third-order valence-electron chi connectivity index (χ3n) is 4.96. The second-order valence-corrected chi connectivity index (χ2v) is 8.91. The lowest BCUT2D eigenvalue weighted by atomic mass is 9.98. The Morgan fingerprint density at radius 2 is 2.03 bits per heavy atom. The van der Waals surface area contributed by atoms with Crippen LogP contribution in [-0.4, -0.2) is 49.0 Å². The Labute approximate surface area is 185 Å². The van der Waals surface area contributed by atoms with Gasteiger partial charge in [-0.05, 0) is 38.8 Å². The highest BCUT2D eigenvalue weighted by Gasteiger charge is 2.33. The summed E-state index contributed by atoms with van der Waals surface area (Å²) in [5.74, 6) is -1.11. The predicted molar refractivity (Wildman–Crippen MR) is 115 cm³/mol.